The Balaban J connectivity index is 1.58. The van der Waals surface area contributed by atoms with Gasteiger partial charge in [-0.05, 0) is 30.7 Å². The van der Waals surface area contributed by atoms with E-state index in [0.717, 1.165) is 37.5 Å². The van der Waals surface area contributed by atoms with Gasteiger partial charge in [-0.2, -0.15) is 0 Å². The predicted molar refractivity (Wildman–Crippen MR) is 112 cm³/mol. The number of thiazole rings is 1. The highest BCUT2D eigenvalue weighted by atomic mass is 35.5. The predicted octanol–water partition coefficient (Wildman–Crippen LogP) is 6.44. The molecule has 1 N–H and O–H groups in total. The third-order valence-corrected chi connectivity index (χ3v) is 6.51. The fourth-order valence-electron chi connectivity index (χ4n) is 2.77. The topological polar surface area (TPSA) is 45.5 Å². The van der Waals surface area contributed by atoms with Crippen LogP contribution >= 0.6 is 34.7 Å². The highest BCUT2D eigenvalue weighted by molar-refractivity contribution is 8.00. The molecule has 130 valence electrons. The van der Waals surface area contributed by atoms with Gasteiger partial charge in [-0.3, -0.25) is 4.99 Å². The van der Waals surface area contributed by atoms with Crippen molar-refractivity contribution in [1.82, 2.24) is 4.98 Å². The number of para-hydroxylation sites is 1. The van der Waals surface area contributed by atoms with E-state index >= 15 is 0 Å². The minimum absolute atomic E-state index is 0.219. The number of hydrogen-bond acceptors (Lipinski definition) is 5. The Hall–Kier alpha value is -2.08. The molecule has 0 unspecified atom stereocenters. The first kappa shape index (κ1) is 17.3. The van der Waals surface area contributed by atoms with Gasteiger partial charge in [0.1, 0.15) is 5.69 Å². The SMILES string of the molecule is CC1=Nc2ccccc2/C1=C/c1nc(SCc2ccccc2Cl)sc1O. The van der Waals surface area contributed by atoms with Crippen molar-refractivity contribution in [2.45, 2.75) is 17.0 Å². The Labute approximate surface area is 165 Å². The molecular formula is C20H15ClN2OS2. The van der Waals surface area contributed by atoms with E-state index in [4.69, 9.17) is 11.6 Å². The van der Waals surface area contributed by atoms with Crippen LogP contribution in [-0.2, 0) is 5.75 Å². The Morgan fingerprint density at radius 2 is 1.92 bits per heavy atom. The van der Waals surface area contributed by atoms with Crippen molar-refractivity contribution in [3.8, 4) is 5.06 Å². The summed E-state index contributed by atoms with van der Waals surface area (Å²) in [5.41, 5.74) is 5.61. The molecule has 3 nitrogen and oxygen atoms in total. The molecule has 0 fully saturated rings. The minimum Gasteiger partial charge on any atom is -0.498 e. The first-order valence-electron chi connectivity index (χ1n) is 8.04. The number of benzene rings is 2. The van der Waals surface area contributed by atoms with Crippen LogP contribution in [0.1, 0.15) is 23.7 Å². The number of rotatable bonds is 4. The molecular weight excluding hydrogens is 384 g/mol. The van der Waals surface area contributed by atoms with Crippen molar-refractivity contribution in [2.24, 2.45) is 4.99 Å². The van der Waals surface area contributed by atoms with Crippen LogP contribution in [0.4, 0.5) is 5.69 Å². The molecule has 0 spiro atoms. The highest BCUT2D eigenvalue weighted by Gasteiger charge is 2.19. The third-order valence-electron chi connectivity index (χ3n) is 4.08. The second-order valence-corrected chi connectivity index (χ2v) is 8.43. The van der Waals surface area contributed by atoms with E-state index < -0.39 is 0 Å². The van der Waals surface area contributed by atoms with Gasteiger partial charge < -0.3 is 5.11 Å². The largest absolute Gasteiger partial charge is 0.498 e. The molecule has 4 rings (SSSR count). The van der Waals surface area contributed by atoms with Crippen LogP contribution in [0.3, 0.4) is 0 Å². The second-order valence-electron chi connectivity index (χ2n) is 5.82. The lowest BCUT2D eigenvalue weighted by Gasteiger charge is -2.01. The molecule has 1 aliphatic heterocycles. The van der Waals surface area contributed by atoms with Crippen molar-refractivity contribution in [3.05, 3.63) is 70.4 Å². The fourth-order valence-corrected chi connectivity index (χ4v) is 4.91. The summed E-state index contributed by atoms with van der Waals surface area (Å²) in [5.74, 6) is 0.714. The molecule has 0 saturated heterocycles. The minimum atomic E-state index is 0.219. The lowest BCUT2D eigenvalue weighted by molar-refractivity contribution is 0.488. The van der Waals surface area contributed by atoms with Gasteiger partial charge in [-0.15, -0.1) is 0 Å². The summed E-state index contributed by atoms with van der Waals surface area (Å²) in [6, 6.07) is 15.8. The third kappa shape index (κ3) is 3.43. The number of allylic oxidation sites excluding steroid dienone is 1. The smallest absolute Gasteiger partial charge is 0.200 e. The summed E-state index contributed by atoms with van der Waals surface area (Å²) in [5, 5.41) is 11.3. The van der Waals surface area contributed by atoms with Gasteiger partial charge in [0.2, 0.25) is 0 Å². The number of aromatic nitrogens is 1. The highest BCUT2D eigenvalue weighted by Crippen LogP contribution is 2.39. The molecule has 0 aliphatic carbocycles. The Kier molecular flexibility index (Phi) is 4.85. The summed E-state index contributed by atoms with van der Waals surface area (Å²) in [6.07, 6.45) is 1.91. The Bertz CT molecular complexity index is 1040. The van der Waals surface area contributed by atoms with E-state index in [1.807, 2.05) is 61.5 Å². The van der Waals surface area contributed by atoms with Crippen LogP contribution in [0.5, 0.6) is 5.06 Å². The van der Waals surface area contributed by atoms with E-state index in [-0.39, 0.29) is 5.06 Å². The van der Waals surface area contributed by atoms with Gasteiger partial charge in [0.25, 0.3) is 0 Å². The van der Waals surface area contributed by atoms with Crippen LogP contribution in [0, 0.1) is 0 Å². The number of thioether (sulfide) groups is 1. The number of fused-ring (bicyclic) bond motifs is 1. The quantitative estimate of drug-likeness (QED) is 0.514. The summed E-state index contributed by atoms with van der Waals surface area (Å²) < 4.78 is 0.815. The van der Waals surface area contributed by atoms with Crippen molar-refractivity contribution in [3.63, 3.8) is 0 Å². The molecule has 6 heteroatoms. The van der Waals surface area contributed by atoms with Crippen LogP contribution in [0.25, 0.3) is 11.6 Å². The molecule has 0 amide bonds. The van der Waals surface area contributed by atoms with E-state index in [9.17, 15) is 5.11 Å². The van der Waals surface area contributed by atoms with Gasteiger partial charge >= 0.3 is 0 Å². The lowest BCUT2D eigenvalue weighted by Crippen LogP contribution is -1.90. The van der Waals surface area contributed by atoms with Crippen LogP contribution in [0.15, 0.2) is 57.9 Å². The van der Waals surface area contributed by atoms with Crippen LogP contribution in [0.2, 0.25) is 5.02 Å². The maximum atomic E-state index is 10.3. The zero-order valence-corrected chi connectivity index (χ0v) is 16.3. The van der Waals surface area contributed by atoms with Crippen LogP contribution < -0.4 is 0 Å². The van der Waals surface area contributed by atoms with Crippen LogP contribution in [-0.4, -0.2) is 15.8 Å². The molecule has 0 atom stereocenters. The number of aliphatic imine (C=N–C) groups is 1. The van der Waals surface area contributed by atoms with E-state index in [1.54, 1.807) is 11.8 Å². The average Bonchev–Trinajstić information content (AvgIpc) is 3.14. The van der Waals surface area contributed by atoms with E-state index in [2.05, 4.69) is 9.98 Å². The molecule has 3 aromatic rings. The van der Waals surface area contributed by atoms with Crippen molar-refractivity contribution in [1.29, 1.82) is 0 Å². The van der Waals surface area contributed by atoms with E-state index in [0.29, 0.717) is 11.4 Å². The van der Waals surface area contributed by atoms with Gasteiger partial charge in [-0.25, -0.2) is 4.98 Å². The molecule has 0 radical (unpaired) electrons. The fraction of sp³-hybridized carbons (Fsp3) is 0.100. The summed E-state index contributed by atoms with van der Waals surface area (Å²) in [6.45, 7) is 1.97. The van der Waals surface area contributed by atoms with Crippen molar-refractivity contribution < 1.29 is 5.11 Å². The van der Waals surface area contributed by atoms with Gasteiger partial charge in [0, 0.05) is 27.6 Å². The van der Waals surface area contributed by atoms with Crippen molar-refractivity contribution >= 4 is 57.7 Å². The Morgan fingerprint density at radius 3 is 2.77 bits per heavy atom. The zero-order valence-electron chi connectivity index (χ0n) is 13.9. The average molecular weight is 399 g/mol. The summed E-state index contributed by atoms with van der Waals surface area (Å²) in [7, 11) is 0. The summed E-state index contributed by atoms with van der Waals surface area (Å²) >= 11 is 9.06. The standard InChI is InChI=1S/C20H15ClN2OS2/c1-12-15(14-7-3-5-9-17(14)22-12)10-18-19(24)26-20(23-18)25-11-13-6-2-4-8-16(13)21/h2-10,24H,11H2,1H3/b15-10+. The molecule has 2 aromatic carbocycles. The summed E-state index contributed by atoms with van der Waals surface area (Å²) in [4.78, 5) is 9.16. The maximum Gasteiger partial charge on any atom is 0.200 e. The molecule has 2 heterocycles. The number of halogens is 1. The zero-order chi connectivity index (χ0) is 18.1. The first-order chi connectivity index (χ1) is 12.6. The number of aromatic hydroxyl groups is 1. The number of nitrogens with zero attached hydrogens (tertiary/aromatic N) is 2. The normalized spacial score (nSPS) is 14.5. The van der Waals surface area contributed by atoms with Gasteiger partial charge in [0.15, 0.2) is 9.40 Å². The molecule has 0 bridgehead atoms. The lowest BCUT2D eigenvalue weighted by atomic mass is 10.0. The Morgan fingerprint density at radius 1 is 1.15 bits per heavy atom. The molecule has 26 heavy (non-hydrogen) atoms. The number of hydrogen-bond donors (Lipinski definition) is 1. The van der Waals surface area contributed by atoms with Crippen molar-refractivity contribution in [2.75, 3.05) is 0 Å². The molecule has 1 aliphatic rings. The first-order valence-corrected chi connectivity index (χ1v) is 10.2. The molecule has 0 saturated carbocycles. The second kappa shape index (κ2) is 7.27. The molecule has 1 aromatic heterocycles. The maximum absolute atomic E-state index is 10.3. The monoisotopic (exact) mass is 398 g/mol. The van der Waals surface area contributed by atoms with E-state index in [1.165, 1.54) is 11.3 Å². The van der Waals surface area contributed by atoms with Gasteiger partial charge in [-0.1, -0.05) is 71.1 Å². The van der Waals surface area contributed by atoms with Gasteiger partial charge in [0.05, 0.1) is 5.69 Å².